The molecule has 0 saturated carbocycles. The van der Waals surface area contributed by atoms with Gasteiger partial charge in [-0.3, -0.25) is 14.7 Å². The number of aromatic nitrogens is 2. The predicted octanol–water partition coefficient (Wildman–Crippen LogP) is 2.47. The number of nitrogens with zero attached hydrogens (tertiary/aromatic N) is 2. The van der Waals surface area contributed by atoms with Gasteiger partial charge in [0.15, 0.2) is 0 Å². The van der Waals surface area contributed by atoms with Crippen LogP contribution in [-0.2, 0) is 21.4 Å². The Kier molecular flexibility index (Phi) is 4.05. The lowest BCUT2D eigenvalue weighted by atomic mass is 9.75. The number of H-pyrrole nitrogens is 1. The summed E-state index contributed by atoms with van der Waals surface area (Å²) in [6.45, 7) is 5.19. The van der Waals surface area contributed by atoms with E-state index in [1.807, 2.05) is 43.0 Å². The number of hydrogen-bond acceptors (Lipinski definition) is 3. The second-order valence-corrected chi connectivity index (χ2v) is 7.42. The zero-order chi connectivity index (χ0) is 18.3. The Morgan fingerprint density at radius 3 is 2.88 bits per heavy atom. The van der Waals surface area contributed by atoms with Crippen LogP contribution >= 0.6 is 0 Å². The average molecular weight is 352 g/mol. The van der Waals surface area contributed by atoms with Crippen LogP contribution in [-0.4, -0.2) is 40.0 Å². The predicted molar refractivity (Wildman–Crippen MR) is 98.9 cm³/mol. The fourth-order valence-electron chi connectivity index (χ4n) is 4.21. The summed E-state index contributed by atoms with van der Waals surface area (Å²) in [6, 6.07) is 7.84. The van der Waals surface area contributed by atoms with E-state index >= 15 is 0 Å². The van der Waals surface area contributed by atoms with Crippen LogP contribution < -0.4 is 5.32 Å². The Hall–Kier alpha value is -2.63. The van der Waals surface area contributed by atoms with Gasteiger partial charge in [-0.15, -0.1) is 0 Å². The minimum absolute atomic E-state index is 0.0231. The second-order valence-electron chi connectivity index (χ2n) is 7.42. The number of fused-ring (bicyclic) bond motifs is 2. The third-order valence-electron chi connectivity index (χ3n) is 5.90. The number of piperidine rings is 1. The summed E-state index contributed by atoms with van der Waals surface area (Å²) in [6.07, 6.45) is 2.68. The van der Waals surface area contributed by atoms with E-state index in [2.05, 4.69) is 15.5 Å². The number of benzene rings is 1. The lowest BCUT2D eigenvalue weighted by Gasteiger charge is -2.39. The van der Waals surface area contributed by atoms with Crippen molar-refractivity contribution in [1.82, 2.24) is 15.1 Å². The van der Waals surface area contributed by atoms with Crippen LogP contribution in [0, 0.1) is 13.8 Å². The maximum atomic E-state index is 12.8. The first kappa shape index (κ1) is 16.8. The molecular weight excluding hydrogens is 328 g/mol. The number of hydrogen-bond donors (Lipinski definition) is 2. The number of amides is 2. The molecule has 26 heavy (non-hydrogen) atoms. The summed E-state index contributed by atoms with van der Waals surface area (Å²) in [4.78, 5) is 27.4. The van der Waals surface area contributed by atoms with Crippen LogP contribution in [0.5, 0.6) is 0 Å². The molecule has 1 spiro atoms. The van der Waals surface area contributed by atoms with Crippen LogP contribution in [0.1, 0.15) is 41.8 Å². The first-order valence-corrected chi connectivity index (χ1v) is 9.20. The van der Waals surface area contributed by atoms with Gasteiger partial charge in [0.05, 0.1) is 11.1 Å². The van der Waals surface area contributed by atoms with Gasteiger partial charge in [0.25, 0.3) is 0 Å². The van der Waals surface area contributed by atoms with Gasteiger partial charge in [0.1, 0.15) is 0 Å². The molecule has 1 atom stereocenters. The molecule has 0 bridgehead atoms. The van der Waals surface area contributed by atoms with Crippen LogP contribution in [0.15, 0.2) is 24.3 Å². The number of para-hydroxylation sites is 1. The van der Waals surface area contributed by atoms with Crippen molar-refractivity contribution in [2.45, 2.75) is 44.9 Å². The zero-order valence-electron chi connectivity index (χ0n) is 15.3. The Bertz CT molecular complexity index is 872. The first-order chi connectivity index (χ1) is 12.5. The minimum Gasteiger partial charge on any atom is -0.341 e. The van der Waals surface area contributed by atoms with Crippen molar-refractivity contribution in [3.63, 3.8) is 0 Å². The van der Waals surface area contributed by atoms with Gasteiger partial charge in [0, 0.05) is 37.3 Å². The molecule has 4 rings (SSSR count). The Labute approximate surface area is 153 Å². The van der Waals surface area contributed by atoms with Crippen molar-refractivity contribution < 1.29 is 9.59 Å². The fourth-order valence-corrected chi connectivity index (χ4v) is 4.21. The molecular formula is C20H24N4O2. The number of aromatic amines is 1. The summed E-state index contributed by atoms with van der Waals surface area (Å²) in [5.74, 6) is 0.122. The molecule has 1 fully saturated rings. The van der Waals surface area contributed by atoms with Crippen LogP contribution in [0.3, 0.4) is 0 Å². The average Bonchev–Trinajstić information content (AvgIpc) is 3.11. The molecule has 2 N–H and O–H groups in total. The highest BCUT2D eigenvalue weighted by Crippen LogP contribution is 2.43. The number of anilines is 1. The van der Waals surface area contributed by atoms with E-state index in [0.29, 0.717) is 25.9 Å². The van der Waals surface area contributed by atoms with E-state index in [0.717, 1.165) is 41.0 Å². The molecule has 2 aliphatic rings. The monoisotopic (exact) mass is 352 g/mol. The number of rotatable bonds is 3. The SMILES string of the molecule is Cc1[nH]nc(CCC(=O)N2CCC[C@@]3(C2)C(=O)Nc2ccccc23)c1C. The molecule has 1 aromatic heterocycles. The summed E-state index contributed by atoms with van der Waals surface area (Å²) in [7, 11) is 0. The lowest BCUT2D eigenvalue weighted by molar-refractivity contribution is -0.135. The largest absolute Gasteiger partial charge is 0.341 e. The molecule has 136 valence electrons. The van der Waals surface area contributed by atoms with Crippen LogP contribution in [0.25, 0.3) is 0 Å². The molecule has 6 heteroatoms. The zero-order valence-corrected chi connectivity index (χ0v) is 15.3. The van der Waals surface area contributed by atoms with E-state index in [9.17, 15) is 9.59 Å². The van der Waals surface area contributed by atoms with Gasteiger partial charge in [-0.2, -0.15) is 5.10 Å². The second kappa shape index (κ2) is 6.27. The van der Waals surface area contributed by atoms with Crippen molar-refractivity contribution in [3.05, 3.63) is 46.8 Å². The topological polar surface area (TPSA) is 78.1 Å². The summed E-state index contributed by atoms with van der Waals surface area (Å²) < 4.78 is 0. The van der Waals surface area contributed by atoms with Gasteiger partial charge in [-0.25, -0.2) is 0 Å². The standard InChI is InChI=1S/C20H24N4O2/c1-13-14(2)22-23-16(13)8-9-18(25)24-11-5-10-20(12-24)15-6-3-4-7-17(15)21-19(20)26/h3-4,6-7H,5,8-12H2,1-2H3,(H,21,26)(H,22,23)/t20-/m0/s1. The molecule has 0 unspecified atom stereocenters. The normalized spacial score (nSPS) is 21.8. The molecule has 0 radical (unpaired) electrons. The minimum atomic E-state index is -0.594. The Morgan fingerprint density at radius 1 is 1.31 bits per heavy atom. The van der Waals surface area contributed by atoms with Crippen molar-refractivity contribution in [3.8, 4) is 0 Å². The third-order valence-corrected chi connectivity index (χ3v) is 5.90. The summed E-state index contributed by atoms with van der Waals surface area (Å²) >= 11 is 0. The molecule has 3 heterocycles. The molecule has 0 aliphatic carbocycles. The lowest BCUT2D eigenvalue weighted by Crippen LogP contribution is -2.51. The smallest absolute Gasteiger partial charge is 0.236 e. The fraction of sp³-hybridized carbons (Fsp3) is 0.450. The van der Waals surface area contributed by atoms with Crippen molar-refractivity contribution in [1.29, 1.82) is 0 Å². The third kappa shape index (κ3) is 2.60. The molecule has 2 aromatic rings. The van der Waals surface area contributed by atoms with Gasteiger partial charge < -0.3 is 10.2 Å². The molecule has 1 saturated heterocycles. The first-order valence-electron chi connectivity index (χ1n) is 9.20. The maximum Gasteiger partial charge on any atom is 0.236 e. The van der Waals surface area contributed by atoms with E-state index in [4.69, 9.17) is 0 Å². The highest BCUT2D eigenvalue weighted by atomic mass is 16.2. The number of nitrogens with one attached hydrogen (secondary N) is 2. The van der Waals surface area contributed by atoms with Crippen LogP contribution in [0.2, 0.25) is 0 Å². The van der Waals surface area contributed by atoms with Gasteiger partial charge >= 0.3 is 0 Å². The van der Waals surface area contributed by atoms with E-state index in [-0.39, 0.29) is 11.8 Å². The van der Waals surface area contributed by atoms with E-state index in [1.54, 1.807) is 0 Å². The number of carbonyl (C=O) groups is 2. The number of carbonyl (C=O) groups excluding carboxylic acids is 2. The number of likely N-dealkylation sites (tertiary alicyclic amines) is 1. The van der Waals surface area contributed by atoms with Crippen molar-refractivity contribution in [2.75, 3.05) is 18.4 Å². The number of aryl methyl sites for hydroxylation is 2. The molecule has 2 aliphatic heterocycles. The quantitative estimate of drug-likeness (QED) is 0.891. The maximum absolute atomic E-state index is 12.8. The molecule has 1 aromatic carbocycles. The summed E-state index contributed by atoms with van der Waals surface area (Å²) in [5.41, 5.74) is 4.44. The highest BCUT2D eigenvalue weighted by molar-refractivity contribution is 6.06. The van der Waals surface area contributed by atoms with Crippen LogP contribution in [0.4, 0.5) is 5.69 Å². The van der Waals surface area contributed by atoms with Gasteiger partial charge in [0.2, 0.25) is 11.8 Å². The van der Waals surface area contributed by atoms with E-state index in [1.165, 1.54) is 0 Å². The Morgan fingerprint density at radius 2 is 2.12 bits per heavy atom. The molecule has 6 nitrogen and oxygen atoms in total. The van der Waals surface area contributed by atoms with Crippen molar-refractivity contribution >= 4 is 17.5 Å². The highest BCUT2D eigenvalue weighted by Gasteiger charge is 2.49. The van der Waals surface area contributed by atoms with Gasteiger partial charge in [-0.05, 0) is 43.9 Å². The molecule has 2 amide bonds. The van der Waals surface area contributed by atoms with E-state index < -0.39 is 5.41 Å². The van der Waals surface area contributed by atoms with Gasteiger partial charge in [-0.1, -0.05) is 18.2 Å². The van der Waals surface area contributed by atoms with Crippen molar-refractivity contribution in [2.24, 2.45) is 0 Å². The summed E-state index contributed by atoms with van der Waals surface area (Å²) in [5, 5.41) is 10.2. The Balaban J connectivity index is 1.49.